The number of nitrogens with zero attached hydrogens (tertiary/aromatic N) is 1. The van der Waals surface area contributed by atoms with Gasteiger partial charge < -0.3 is 10.1 Å². The molecule has 0 bridgehead atoms. The zero-order valence-corrected chi connectivity index (χ0v) is 19.3. The normalized spacial score (nSPS) is 14.1. The van der Waals surface area contributed by atoms with Gasteiger partial charge in [-0.2, -0.15) is 4.36 Å². The van der Waals surface area contributed by atoms with E-state index < -0.39 is 33.4 Å². The average molecular weight is 443 g/mol. The first-order valence-corrected chi connectivity index (χ1v) is 11.9. The molecule has 2 aromatic carbocycles. The lowest BCUT2D eigenvalue weighted by molar-refractivity contribution is -0.119. The summed E-state index contributed by atoms with van der Waals surface area (Å²) in [5, 5.41) is 2.58. The second-order valence-corrected chi connectivity index (χ2v) is 10.5. The maximum Gasteiger partial charge on any atom is 0.408 e. The summed E-state index contributed by atoms with van der Waals surface area (Å²) in [5.74, 6) is -0.669. The number of allylic oxidation sites excluding steroid dienone is 1. The largest absolute Gasteiger partial charge is 0.444 e. The summed E-state index contributed by atoms with van der Waals surface area (Å²) < 4.78 is 22.5. The van der Waals surface area contributed by atoms with Crippen LogP contribution in [0.25, 0.3) is 0 Å². The highest BCUT2D eigenvalue weighted by molar-refractivity contribution is 7.93. The van der Waals surface area contributed by atoms with E-state index in [0.29, 0.717) is 11.3 Å². The Balaban J connectivity index is 2.30. The first-order valence-electron chi connectivity index (χ1n) is 9.99. The molecule has 7 heteroatoms. The summed E-state index contributed by atoms with van der Waals surface area (Å²) in [7, 11) is -2.99. The van der Waals surface area contributed by atoms with E-state index in [4.69, 9.17) is 4.74 Å². The molecule has 0 aliphatic carbocycles. The fourth-order valence-corrected chi connectivity index (χ4v) is 4.05. The summed E-state index contributed by atoms with van der Waals surface area (Å²) in [6.07, 6.45) is 3.37. The second kappa shape index (κ2) is 10.4. The van der Waals surface area contributed by atoms with Gasteiger partial charge in [-0.3, -0.25) is 4.79 Å². The van der Waals surface area contributed by atoms with Crippen LogP contribution in [0, 0.1) is 0 Å². The van der Waals surface area contributed by atoms with Crippen LogP contribution in [-0.4, -0.2) is 34.1 Å². The van der Waals surface area contributed by atoms with E-state index >= 15 is 0 Å². The van der Waals surface area contributed by atoms with Crippen LogP contribution in [0.4, 0.5) is 4.79 Å². The van der Waals surface area contributed by atoms with Crippen LogP contribution in [0.5, 0.6) is 0 Å². The zero-order valence-electron chi connectivity index (χ0n) is 18.5. The smallest absolute Gasteiger partial charge is 0.408 e. The average Bonchev–Trinajstić information content (AvgIpc) is 2.67. The second-order valence-electron chi connectivity index (χ2n) is 8.26. The van der Waals surface area contributed by atoms with E-state index in [1.165, 1.54) is 6.26 Å². The predicted molar refractivity (Wildman–Crippen MR) is 123 cm³/mol. The molecule has 6 nitrogen and oxygen atoms in total. The zero-order chi connectivity index (χ0) is 23.1. The van der Waals surface area contributed by atoms with Gasteiger partial charge in [0.2, 0.25) is 0 Å². The van der Waals surface area contributed by atoms with Gasteiger partial charge in [0.25, 0.3) is 5.91 Å². The minimum absolute atomic E-state index is 0.205. The monoisotopic (exact) mass is 442 g/mol. The topological polar surface area (TPSA) is 84.8 Å². The molecule has 0 heterocycles. The molecule has 1 unspecified atom stereocenters. The van der Waals surface area contributed by atoms with Crippen molar-refractivity contribution in [3.8, 4) is 0 Å². The van der Waals surface area contributed by atoms with Crippen LogP contribution < -0.4 is 5.32 Å². The van der Waals surface area contributed by atoms with Gasteiger partial charge in [0.05, 0.1) is 9.73 Å². The van der Waals surface area contributed by atoms with E-state index in [9.17, 15) is 13.8 Å². The van der Waals surface area contributed by atoms with Gasteiger partial charge in [0.1, 0.15) is 11.6 Å². The van der Waals surface area contributed by atoms with Gasteiger partial charge in [0, 0.05) is 17.6 Å². The van der Waals surface area contributed by atoms with E-state index in [-0.39, 0.29) is 6.42 Å². The van der Waals surface area contributed by atoms with Crippen molar-refractivity contribution >= 4 is 21.7 Å². The van der Waals surface area contributed by atoms with Crippen molar-refractivity contribution in [2.24, 2.45) is 4.36 Å². The number of rotatable bonds is 7. The molecule has 166 valence electrons. The maximum absolute atomic E-state index is 13.2. The summed E-state index contributed by atoms with van der Waals surface area (Å²) in [6, 6.07) is 15.3. The molecule has 0 spiro atoms. The van der Waals surface area contributed by atoms with E-state index in [0.717, 1.165) is 11.1 Å². The lowest BCUT2D eigenvalue weighted by Crippen LogP contribution is -2.44. The summed E-state index contributed by atoms with van der Waals surface area (Å²) >= 11 is 0. The number of carbonyl (C=O) groups is 2. The minimum Gasteiger partial charge on any atom is -0.444 e. The molecule has 2 atom stereocenters. The minimum atomic E-state index is -2.99. The Labute approximate surface area is 184 Å². The third-order valence-electron chi connectivity index (χ3n) is 4.28. The van der Waals surface area contributed by atoms with Crippen LogP contribution >= 0.6 is 0 Å². The van der Waals surface area contributed by atoms with E-state index in [1.807, 2.05) is 42.5 Å². The third-order valence-corrected chi connectivity index (χ3v) is 5.95. The Morgan fingerprint density at radius 3 is 2.26 bits per heavy atom. The Morgan fingerprint density at radius 1 is 1.10 bits per heavy atom. The molecule has 0 radical (unpaired) electrons. The van der Waals surface area contributed by atoms with Gasteiger partial charge >= 0.3 is 6.09 Å². The standard InChI is InChI=1S/C24H30N2O4S/c1-6-10-18-13-15-20(16-14-18)31(5,29)26-22(27)21(17-19-11-8-7-9-12-19)25-23(28)30-24(2,3)4/h6-9,11-16,21H,1,10,17H2,2-5H3,(H,25,28)/t21-,31?/m0/s1. The van der Waals surface area contributed by atoms with Crippen LogP contribution in [0.1, 0.15) is 31.9 Å². The van der Waals surface area contributed by atoms with Crippen LogP contribution in [0.15, 0.2) is 76.5 Å². The highest BCUT2D eigenvalue weighted by Gasteiger charge is 2.25. The molecule has 2 amide bonds. The first-order chi connectivity index (χ1) is 14.5. The SMILES string of the molecule is C=CCc1ccc(S(C)(=O)=NC(=O)[C@H](Cc2ccccc2)NC(=O)OC(C)(C)C)cc1. The summed E-state index contributed by atoms with van der Waals surface area (Å²) in [6.45, 7) is 8.91. The molecular weight excluding hydrogens is 412 g/mol. The highest BCUT2D eigenvalue weighted by atomic mass is 32.2. The summed E-state index contributed by atoms with van der Waals surface area (Å²) in [4.78, 5) is 25.7. The number of ether oxygens (including phenoxy) is 1. The predicted octanol–water partition coefficient (Wildman–Crippen LogP) is 4.53. The Morgan fingerprint density at radius 2 is 1.71 bits per heavy atom. The van der Waals surface area contributed by atoms with Crippen molar-refractivity contribution in [1.29, 1.82) is 0 Å². The Hall–Kier alpha value is -2.93. The van der Waals surface area contributed by atoms with E-state index in [1.54, 1.807) is 39.0 Å². The fraction of sp³-hybridized carbons (Fsp3) is 0.333. The van der Waals surface area contributed by atoms with Crippen molar-refractivity contribution in [1.82, 2.24) is 5.32 Å². The van der Waals surface area contributed by atoms with Crippen LogP contribution in [-0.2, 0) is 32.1 Å². The quantitative estimate of drug-likeness (QED) is 0.638. The molecule has 1 N–H and O–H groups in total. The van der Waals surface area contributed by atoms with Crippen molar-refractivity contribution in [3.05, 3.63) is 78.4 Å². The number of amides is 2. The van der Waals surface area contributed by atoms with Crippen molar-refractivity contribution in [2.45, 2.75) is 50.2 Å². The molecule has 31 heavy (non-hydrogen) atoms. The molecule has 0 saturated heterocycles. The Bertz CT molecular complexity index is 1030. The van der Waals surface area contributed by atoms with Crippen molar-refractivity contribution in [3.63, 3.8) is 0 Å². The van der Waals surface area contributed by atoms with Gasteiger partial charge in [-0.15, -0.1) is 6.58 Å². The molecule has 0 aliphatic heterocycles. The number of nitrogens with one attached hydrogen (secondary N) is 1. The third kappa shape index (κ3) is 8.02. The molecule has 2 rings (SSSR count). The number of hydrogen-bond acceptors (Lipinski definition) is 4. The number of alkyl carbamates (subject to hydrolysis) is 1. The lowest BCUT2D eigenvalue weighted by Gasteiger charge is -2.22. The van der Waals surface area contributed by atoms with E-state index in [2.05, 4.69) is 16.3 Å². The number of hydrogen-bond donors (Lipinski definition) is 1. The van der Waals surface area contributed by atoms with Crippen molar-refractivity contribution in [2.75, 3.05) is 6.26 Å². The van der Waals surface area contributed by atoms with Gasteiger partial charge in [-0.25, -0.2) is 9.00 Å². The Kier molecular flexibility index (Phi) is 8.16. The van der Waals surface area contributed by atoms with Gasteiger partial charge in [0.15, 0.2) is 0 Å². The van der Waals surface area contributed by atoms with Crippen LogP contribution in [0.2, 0.25) is 0 Å². The maximum atomic E-state index is 13.2. The lowest BCUT2D eigenvalue weighted by atomic mass is 10.1. The molecule has 0 aliphatic rings. The highest BCUT2D eigenvalue weighted by Crippen LogP contribution is 2.15. The van der Waals surface area contributed by atoms with Crippen LogP contribution in [0.3, 0.4) is 0 Å². The first kappa shape index (κ1) is 24.3. The summed E-state index contributed by atoms with van der Waals surface area (Å²) in [5.41, 5.74) is 1.14. The number of benzene rings is 2. The molecule has 2 aromatic rings. The fourth-order valence-electron chi connectivity index (χ4n) is 2.83. The van der Waals surface area contributed by atoms with Gasteiger partial charge in [-0.05, 0) is 50.5 Å². The molecule has 0 aromatic heterocycles. The van der Waals surface area contributed by atoms with Gasteiger partial charge in [-0.1, -0.05) is 48.5 Å². The molecular formula is C24H30N2O4S. The number of carbonyl (C=O) groups excluding carboxylic acids is 2. The van der Waals surface area contributed by atoms with Crippen molar-refractivity contribution < 1.29 is 18.5 Å². The molecule has 0 saturated carbocycles. The molecule has 0 fully saturated rings.